The highest BCUT2D eigenvalue weighted by atomic mass is 16.5. The van der Waals surface area contributed by atoms with Crippen molar-refractivity contribution in [1.29, 1.82) is 0 Å². The zero-order valence-corrected chi connectivity index (χ0v) is 16.9. The van der Waals surface area contributed by atoms with Crippen molar-refractivity contribution in [2.45, 2.75) is 46.8 Å². The number of hydrogen-bond acceptors (Lipinski definition) is 4. The average molecular weight is 373 g/mol. The normalized spacial score (nSPS) is 13.0. The Balaban J connectivity index is 1.88. The van der Waals surface area contributed by atoms with Crippen LogP contribution in [0.4, 0.5) is 0 Å². The lowest BCUT2D eigenvalue weighted by molar-refractivity contribution is 0.0258. The molecule has 1 unspecified atom stereocenters. The fourth-order valence-electron chi connectivity index (χ4n) is 2.73. The molecule has 0 amide bonds. The molecule has 2 N–H and O–H groups in total. The predicted molar refractivity (Wildman–Crippen MR) is 109 cm³/mol. The van der Waals surface area contributed by atoms with Gasteiger partial charge in [-0.05, 0) is 37.8 Å². The quantitative estimate of drug-likeness (QED) is 0.495. The van der Waals surface area contributed by atoms with Crippen LogP contribution in [0.3, 0.4) is 0 Å². The molecule has 2 rings (SSSR count). The summed E-state index contributed by atoms with van der Waals surface area (Å²) < 4.78 is 7.68. The maximum Gasteiger partial charge on any atom is 0.191 e. The smallest absolute Gasteiger partial charge is 0.191 e. The summed E-state index contributed by atoms with van der Waals surface area (Å²) in [5, 5.41) is 6.68. The summed E-state index contributed by atoms with van der Waals surface area (Å²) in [5.41, 5.74) is 1.06. The molecule has 2 aromatic heterocycles. The van der Waals surface area contributed by atoms with Crippen LogP contribution in [-0.4, -0.2) is 46.3 Å². The second kappa shape index (κ2) is 11.3. The molecule has 7 nitrogen and oxygen atoms in total. The molecule has 0 fully saturated rings. The molecule has 0 aliphatic heterocycles. The third-order valence-corrected chi connectivity index (χ3v) is 4.19. The number of aliphatic imine (C=N–C) groups is 1. The number of nitrogens with zero attached hydrogens (tertiary/aromatic N) is 4. The number of ether oxygens (including phenoxy) is 1. The summed E-state index contributed by atoms with van der Waals surface area (Å²) in [6.45, 7) is 11.5. The summed E-state index contributed by atoms with van der Waals surface area (Å²) >= 11 is 0. The van der Waals surface area contributed by atoms with Crippen LogP contribution in [0.1, 0.15) is 39.7 Å². The Kier molecular flexibility index (Phi) is 8.77. The van der Waals surface area contributed by atoms with Crippen molar-refractivity contribution in [2.75, 3.05) is 19.7 Å². The van der Waals surface area contributed by atoms with Crippen molar-refractivity contribution in [1.82, 2.24) is 25.2 Å². The van der Waals surface area contributed by atoms with Crippen molar-refractivity contribution >= 4 is 5.96 Å². The van der Waals surface area contributed by atoms with Crippen LogP contribution in [0.25, 0.3) is 5.82 Å². The van der Waals surface area contributed by atoms with E-state index in [0.717, 1.165) is 43.5 Å². The molecule has 0 aliphatic rings. The Morgan fingerprint density at radius 2 is 2.11 bits per heavy atom. The van der Waals surface area contributed by atoms with E-state index in [1.807, 2.05) is 36.0 Å². The first-order valence-electron chi connectivity index (χ1n) is 9.71. The van der Waals surface area contributed by atoms with Crippen molar-refractivity contribution in [3.63, 3.8) is 0 Å². The van der Waals surface area contributed by atoms with E-state index >= 15 is 0 Å². The van der Waals surface area contributed by atoms with Crippen LogP contribution in [0.2, 0.25) is 0 Å². The third kappa shape index (κ3) is 7.02. The molecule has 148 valence electrons. The van der Waals surface area contributed by atoms with E-state index < -0.39 is 0 Å². The fourth-order valence-corrected chi connectivity index (χ4v) is 2.73. The molecule has 2 heterocycles. The van der Waals surface area contributed by atoms with E-state index in [-0.39, 0.29) is 6.10 Å². The van der Waals surface area contributed by atoms with Crippen LogP contribution >= 0.6 is 0 Å². The Morgan fingerprint density at radius 3 is 2.70 bits per heavy atom. The van der Waals surface area contributed by atoms with Gasteiger partial charge in [-0.15, -0.1) is 0 Å². The highest BCUT2D eigenvalue weighted by Crippen LogP contribution is 2.10. The van der Waals surface area contributed by atoms with E-state index in [1.165, 1.54) is 0 Å². The van der Waals surface area contributed by atoms with Gasteiger partial charge in [-0.25, -0.2) is 15.0 Å². The van der Waals surface area contributed by atoms with Crippen LogP contribution in [0.5, 0.6) is 0 Å². The second-order valence-electron chi connectivity index (χ2n) is 6.64. The molecule has 2 aromatic rings. The molecular formula is C20H32N6O. The maximum absolute atomic E-state index is 5.80. The monoisotopic (exact) mass is 372 g/mol. The van der Waals surface area contributed by atoms with Gasteiger partial charge in [0.05, 0.1) is 12.6 Å². The van der Waals surface area contributed by atoms with Gasteiger partial charge in [0.15, 0.2) is 5.96 Å². The van der Waals surface area contributed by atoms with E-state index in [0.29, 0.717) is 12.5 Å². The molecule has 7 heteroatoms. The van der Waals surface area contributed by atoms with Gasteiger partial charge in [0, 0.05) is 38.3 Å². The molecule has 27 heavy (non-hydrogen) atoms. The van der Waals surface area contributed by atoms with Gasteiger partial charge in [-0.3, -0.25) is 4.57 Å². The van der Waals surface area contributed by atoms with Crippen LogP contribution in [-0.2, 0) is 11.3 Å². The molecule has 1 atom stereocenters. The zero-order valence-electron chi connectivity index (χ0n) is 16.9. The number of pyridine rings is 1. The fraction of sp³-hybridized carbons (Fsp3) is 0.550. The van der Waals surface area contributed by atoms with Gasteiger partial charge in [-0.1, -0.05) is 19.9 Å². The minimum atomic E-state index is 0.269. The lowest BCUT2D eigenvalue weighted by Gasteiger charge is -2.21. The Labute approximate surface area is 162 Å². The van der Waals surface area contributed by atoms with Crippen molar-refractivity contribution in [2.24, 2.45) is 10.9 Å². The number of aromatic nitrogens is 3. The molecule has 0 bridgehead atoms. The molecule has 0 saturated heterocycles. The topological polar surface area (TPSA) is 76.4 Å². The first-order chi connectivity index (χ1) is 13.1. The summed E-state index contributed by atoms with van der Waals surface area (Å²) in [5.74, 6) is 2.17. The van der Waals surface area contributed by atoms with Crippen LogP contribution < -0.4 is 10.6 Å². The molecule has 0 aliphatic carbocycles. The molecule has 0 aromatic carbocycles. The number of imidazole rings is 1. The molecule has 0 spiro atoms. The lowest BCUT2D eigenvalue weighted by Crippen LogP contribution is -2.39. The van der Waals surface area contributed by atoms with Crippen molar-refractivity contribution < 1.29 is 4.74 Å². The van der Waals surface area contributed by atoms with Crippen molar-refractivity contribution in [3.05, 3.63) is 42.6 Å². The molecular weight excluding hydrogens is 340 g/mol. The van der Waals surface area contributed by atoms with Gasteiger partial charge < -0.3 is 15.4 Å². The number of hydrogen-bond donors (Lipinski definition) is 2. The van der Waals surface area contributed by atoms with E-state index in [2.05, 4.69) is 46.4 Å². The van der Waals surface area contributed by atoms with Gasteiger partial charge in [0.2, 0.25) is 0 Å². The highest BCUT2D eigenvalue weighted by molar-refractivity contribution is 5.79. The third-order valence-electron chi connectivity index (χ3n) is 4.19. The van der Waals surface area contributed by atoms with E-state index in [9.17, 15) is 0 Å². The Bertz CT molecular complexity index is 666. The largest absolute Gasteiger partial charge is 0.378 e. The lowest BCUT2D eigenvalue weighted by atomic mass is 10.0. The minimum Gasteiger partial charge on any atom is -0.378 e. The van der Waals surface area contributed by atoms with E-state index in [4.69, 9.17) is 4.74 Å². The molecule has 0 radical (unpaired) electrons. The number of rotatable bonds is 10. The van der Waals surface area contributed by atoms with Crippen LogP contribution in [0, 0.1) is 5.92 Å². The second-order valence-corrected chi connectivity index (χ2v) is 6.64. The molecule has 0 saturated carbocycles. The maximum atomic E-state index is 5.80. The van der Waals surface area contributed by atoms with Gasteiger partial charge >= 0.3 is 0 Å². The summed E-state index contributed by atoms with van der Waals surface area (Å²) in [4.78, 5) is 13.2. The Morgan fingerprint density at radius 1 is 1.26 bits per heavy atom. The minimum absolute atomic E-state index is 0.269. The van der Waals surface area contributed by atoms with Crippen molar-refractivity contribution in [3.8, 4) is 5.82 Å². The summed E-state index contributed by atoms with van der Waals surface area (Å²) in [7, 11) is 0. The SMILES string of the molecule is CCNC(=NCc1ccc(-n2ccnc2)nc1)NCCC(OCC)C(C)C. The predicted octanol–water partition coefficient (Wildman–Crippen LogP) is 2.77. The van der Waals surface area contributed by atoms with Crippen LogP contribution in [0.15, 0.2) is 42.0 Å². The highest BCUT2D eigenvalue weighted by Gasteiger charge is 2.12. The summed E-state index contributed by atoms with van der Waals surface area (Å²) in [6.07, 6.45) is 8.43. The van der Waals surface area contributed by atoms with Gasteiger partial charge in [0.25, 0.3) is 0 Å². The Hall–Kier alpha value is -2.41. The first kappa shape index (κ1) is 20.9. The zero-order chi connectivity index (χ0) is 19.5. The van der Waals surface area contributed by atoms with Gasteiger partial charge in [0.1, 0.15) is 12.1 Å². The summed E-state index contributed by atoms with van der Waals surface area (Å²) in [6, 6.07) is 4.02. The average Bonchev–Trinajstić information content (AvgIpc) is 3.20. The first-order valence-corrected chi connectivity index (χ1v) is 9.71. The number of nitrogens with one attached hydrogen (secondary N) is 2. The standard InChI is InChI=1S/C20H32N6O/c1-5-22-20(23-10-9-18(16(3)4)27-6-2)25-14-17-7-8-19(24-13-17)26-12-11-21-15-26/h7-8,11-13,15-16,18H,5-6,9-10,14H2,1-4H3,(H2,22,23,25). The van der Waals surface area contributed by atoms with E-state index in [1.54, 1.807) is 12.5 Å². The number of guanidine groups is 1. The van der Waals surface area contributed by atoms with Gasteiger partial charge in [-0.2, -0.15) is 0 Å².